The summed E-state index contributed by atoms with van der Waals surface area (Å²) < 4.78 is 0. The summed E-state index contributed by atoms with van der Waals surface area (Å²) in [6.45, 7) is 6.39. The molecule has 1 heterocycles. The standard InChI is InChI=1S/C13H20N2O2/c1-4-9(2)8-10(3)15-12-11(13(16)17)6-5-7-14-12/h5-7,9-10H,4,8H2,1-3H3,(H,14,15)(H,16,17). The van der Waals surface area contributed by atoms with Gasteiger partial charge in [0.2, 0.25) is 0 Å². The molecule has 2 N–H and O–H groups in total. The molecule has 4 heteroatoms. The maximum absolute atomic E-state index is 11.0. The second kappa shape index (κ2) is 6.23. The molecule has 4 nitrogen and oxygen atoms in total. The fraction of sp³-hybridized carbons (Fsp3) is 0.538. The Balaban J connectivity index is 2.71. The van der Waals surface area contributed by atoms with Crippen molar-refractivity contribution in [1.82, 2.24) is 4.98 Å². The molecule has 0 saturated carbocycles. The molecule has 0 aromatic carbocycles. The Kier molecular flexibility index (Phi) is 4.94. The molecule has 94 valence electrons. The van der Waals surface area contributed by atoms with Gasteiger partial charge in [0.25, 0.3) is 0 Å². The molecular formula is C13H20N2O2. The minimum atomic E-state index is -0.948. The Labute approximate surface area is 102 Å². The Morgan fingerprint density at radius 1 is 1.53 bits per heavy atom. The maximum Gasteiger partial charge on any atom is 0.339 e. The lowest BCUT2D eigenvalue weighted by molar-refractivity contribution is 0.0697. The molecule has 2 atom stereocenters. The highest BCUT2D eigenvalue weighted by molar-refractivity contribution is 5.93. The van der Waals surface area contributed by atoms with Crippen molar-refractivity contribution >= 4 is 11.8 Å². The van der Waals surface area contributed by atoms with Gasteiger partial charge < -0.3 is 10.4 Å². The van der Waals surface area contributed by atoms with Crippen LogP contribution in [0.4, 0.5) is 5.82 Å². The predicted molar refractivity (Wildman–Crippen MR) is 68.4 cm³/mol. The van der Waals surface area contributed by atoms with Crippen molar-refractivity contribution in [3.8, 4) is 0 Å². The second-order valence-corrected chi connectivity index (χ2v) is 4.50. The lowest BCUT2D eigenvalue weighted by atomic mass is 10.0. The van der Waals surface area contributed by atoms with E-state index in [1.165, 1.54) is 0 Å². The highest BCUT2D eigenvalue weighted by atomic mass is 16.4. The number of anilines is 1. The first kappa shape index (κ1) is 13.5. The fourth-order valence-electron chi connectivity index (χ4n) is 1.76. The van der Waals surface area contributed by atoms with Crippen molar-refractivity contribution in [2.45, 2.75) is 39.7 Å². The van der Waals surface area contributed by atoms with E-state index < -0.39 is 5.97 Å². The SMILES string of the molecule is CCC(C)CC(C)Nc1ncccc1C(=O)O. The van der Waals surface area contributed by atoms with E-state index in [0.29, 0.717) is 11.7 Å². The minimum Gasteiger partial charge on any atom is -0.478 e. The summed E-state index contributed by atoms with van der Waals surface area (Å²) in [6.07, 6.45) is 3.73. The molecule has 17 heavy (non-hydrogen) atoms. The summed E-state index contributed by atoms with van der Waals surface area (Å²) >= 11 is 0. The number of aromatic nitrogens is 1. The molecule has 0 saturated heterocycles. The van der Waals surface area contributed by atoms with Gasteiger partial charge in [-0.1, -0.05) is 20.3 Å². The highest BCUT2D eigenvalue weighted by Crippen LogP contribution is 2.16. The van der Waals surface area contributed by atoms with E-state index in [4.69, 9.17) is 5.11 Å². The zero-order chi connectivity index (χ0) is 12.8. The van der Waals surface area contributed by atoms with Crippen LogP contribution in [-0.4, -0.2) is 22.1 Å². The zero-order valence-corrected chi connectivity index (χ0v) is 10.6. The third-order valence-electron chi connectivity index (χ3n) is 2.87. The van der Waals surface area contributed by atoms with Gasteiger partial charge in [-0.3, -0.25) is 0 Å². The van der Waals surface area contributed by atoms with E-state index in [0.717, 1.165) is 12.8 Å². The number of pyridine rings is 1. The van der Waals surface area contributed by atoms with Gasteiger partial charge >= 0.3 is 5.97 Å². The van der Waals surface area contributed by atoms with Gasteiger partial charge in [0.15, 0.2) is 0 Å². The number of carboxylic acids is 1. The molecule has 0 spiro atoms. The average molecular weight is 236 g/mol. The Hall–Kier alpha value is -1.58. The number of aromatic carboxylic acids is 1. The zero-order valence-electron chi connectivity index (χ0n) is 10.6. The number of nitrogens with zero attached hydrogens (tertiary/aromatic N) is 1. The average Bonchev–Trinajstić information content (AvgIpc) is 2.29. The predicted octanol–water partition coefficient (Wildman–Crippen LogP) is 3.02. The van der Waals surface area contributed by atoms with Crippen molar-refractivity contribution in [2.24, 2.45) is 5.92 Å². The summed E-state index contributed by atoms with van der Waals surface area (Å²) in [5.41, 5.74) is 0.225. The van der Waals surface area contributed by atoms with Gasteiger partial charge in [-0.15, -0.1) is 0 Å². The van der Waals surface area contributed by atoms with Crippen LogP contribution in [-0.2, 0) is 0 Å². The largest absolute Gasteiger partial charge is 0.478 e. The molecule has 1 aromatic heterocycles. The lowest BCUT2D eigenvalue weighted by Gasteiger charge is -2.18. The topological polar surface area (TPSA) is 62.2 Å². The fourth-order valence-corrected chi connectivity index (χ4v) is 1.76. The van der Waals surface area contributed by atoms with E-state index in [1.54, 1.807) is 18.3 Å². The minimum absolute atomic E-state index is 0.220. The molecule has 0 radical (unpaired) electrons. The van der Waals surface area contributed by atoms with Crippen LogP contribution >= 0.6 is 0 Å². The van der Waals surface area contributed by atoms with Crippen LogP contribution in [0.1, 0.15) is 44.0 Å². The smallest absolute Gasteiger partial charge is 0.339 e. The van der Waals surface area contributed by atoms with Crippen molar-refractivity contribution in [1.29, 1.82) is 0 Å². The van der Waals surface area contributed by atoms with Crippen molar-refractivity contribution in [3.05, 3.63) is 23.9 Å². The van der Waals surface area contributed by atoms with Crippen LogP contribution < -0.4 is 5.32 Å². The summed E-state index contributed by atoms with van der Waals surface area (Å²) in [5, 5.41) is 12.2. The third-order valence-corrected chi connectivity index (χ3v) is 2.87. The van der Waals surface area contributed by atoms with Crippen molar-refractivity contribution in [3.63, 3.8) is 0 Å². The van der Waals surface area contributed by atoms with E-state index >= 15 is 0 Å². The summed E-state index contributed by atoms with van der Waals surface area (Å²) in [7, 11) is 0. The molecule has 1 aromatic rings. The molecule has 0 aliphatic heterocycles. The normalized spacial score (nSPS) is 14.1. The first-order valence-electron chi connectivity index (χ1n) is 5.99. The van der Waals surface area contributed by atoms with Gasteiger partial charge in [-0.05, 0) is 31.4 Å². The van der Waals surface area contributed by atoms with E-state index in [1.807, 2.05) is 6.92 Å². The Morgan fingerprint density at radius 2 is 2.24 bits per heavy atom. The van der Waals surface area contributed by atoms with Crippen LogP contribution in [0.2, 0.25) is 0 Å². The summed E-state index contributed by atoms with van der Waals surface area (Å²) in [4.78, 5) is 15.1. The van der Waals surface area contributed by atoms with Gasteiger partial charge in [0.1, 0.15) is 11.4 Å². The second-order valence-electron chi connectivity index (χ2n) is 4.50. The van der Waals surface area contributed by atoms with Crippen LogP contribution in [0, 0.1) is 5.92 Å². The number of hydrogen-bond donors (Lipinski definition) is 2. The van der Waals surface area contributed by atoms with Crippen LogP contribution in [0.15, 0.2) is 18.3 Å². The first-order chi connectivity index (χ1) is 8.04. The van der Waals surface area contributed by atoms with E-state index in [9.17, 15) is 4.79 Å². The number of hydrogen-bond acceptors (Lipinski definition) is 3. The molecule has 0 bridgehead atoms. The quantitative estimate of drug-likeness (QED) is 0.797. The first-order valence-corrected chi connectivity index (χ1v) is 5.99. The maximum atomic E-state index is 11.0. The molecule has 2 unspecified atom stereocenters. The van der Waals surface area contributed by atoms with Crippen LogP contribution in [0.5, 0.6) is 0 Å². The van der Waals surface area contributed by atoms with Crippen LogP contribution in [0.25, 0.3) is 0 Å². The molecule has 0 amide bonds. The Bertz CT molecular complexity index is 379. The van der Waals surface area contributed by atoms with Gasteiger partial charge in [0.05, 0.1) is 0 Å². The number of carboxylic acid groups (broad SMARTS) is 1. The molecular weight excluding hydrogens is 216 g/mol. The molecule has 1 rings (SSSR count). The summed E-state index contributed by atoms with van der Waals surface area (Å²) in [6, 6.07) is 3.42. The molecule has 0 fully saturated rings. The molecule has 0 aliphatic rings. The lowest BCUT2D eigenvalue weighted by Crippen LogP contribution is -2.20. The monoisotopic (exact) mass is 236 g/mol. The molecule has 0 aliphatic carbocycles. The van der Waals surface area contributed by atoms with Gasteiger partial charge in [0, 0.05) is 12.2 Å². The Morgan fingerprint density at radius 3 is 2.82 bits per heavy atom. The van der Waals surface area contributed by atoms with Gasteiger partial charge in [-0.2, -0.15) is 0 Å². The van der Waals surface area contributed by atoms with E-state index in [2.05, 4.69) is 24.1 Å². The van der Waals surface area contributed by atoms with Gasteiger partial charge in [-0.25, -0.2) is 9.78 Å². The highest BCUT2D eigenvalue weighted by Gasteiger charge is 2.13. The number of nitrogens with one attached hydrogen (secondary N) is 1. The number of rotatable bonds is 6. The van der Waals surface area contributed by atoms with E-state index in [-0.39, 0.29) is 11.6 Å². The summed E-state index contributed by atoms with van der Waals surface area (Å²) in [5.74, 6) is 0.127. The third kappa shape index (κ3) is 4.06. The van der Waals surface area contributed by atoms with Crippen molar-refractivity contribution in [2.75, 3.05) is 5.32 Å². The van der Waals surface area contributed by atoms with Crippen LogP contribution in [0.3, 0.4) is 0 Å². The van der Waals surface area contributed by atoms with Crippen molar-refractivity contribution < 1.29 is 9.90 Å². The number of carbonyl (C=O) groups is 1.